The molecule has 3 aromatic rings. The highest BCUT2D eigenvalue weighted by Crippen LogP contribution is 2.34. The van der Waals surface area contributed by atoms with Crippen molar-refractivity contribution in [1.29, 1.82) is 0 Å². The number of thiophene rings is 1. The minimum absolute atomic E-state index is 0.00977. The van der Waals surface area contributed by atoms with Crippen LogP contribution in [0.2, 0.25) is 0 Å². The van der Waals surface area contributed by atoms with Crippen molar-refractivity contribution in [3.8, 4) is 5.75 Å². The van der Waals surface area contributed by atoms with Gasteiger partial charge in [0.05, 0.1) is 12.3 Å². The number of carbonyl (C=O) groups excluding carboxylic acids is 2. The van der Waals surface area contributed by atoms with E-state index in [0.717, 1.165) is 24.2 Å². The number of ether oxygens (including phenoxy) is 1. The van der Waals surface area contributed by atoms with E-state index in [0.29, 0.717) is 13.2 Å². The van der Waals surface area contributed by atoms with Crippen LogP contribution in [0.5, 0.6) is 5.75 Å². The van der Waals surface area contributed by atoms with Gasteiger partial charge in [0.2, 0.25) is 5.91 Å². The van der Waals surface area contributed by atoms with Crippen molar-refractivity contribution < 1.29 is 18.7 Å². The van der Waals surface area contributed by atoms with Crippen LogP contribution in [0, 0.1) is 0 Å². The molecule has 0 saturated carbocycles. The fourth-order valence-electron chi connectivity index (χ4n) is 3.99. The zero-order valence-corrected chi connectivity index (χ0v) is 19.2. The Labute approximate surface area is 192 Å². The molecule has 4 rings (SSSR count). The fourth-order valence-corrected chi connectivity index (χ4v) is 4.92. The van der Waals surface area contributed by atoms with Gasteiger partial charge < -0.3 is 19.0 Å². The summed E-state index contributed by atoms with van der Waals surface area (Å²) in [7, 11) is 0. The quantitative estimate of drug-likeness (QED) is 0.493. The molecule has 0 fully saturated rings. The first-order valence-corrected chi connectivity index (χ1v) is 11.8. The molecule has 1 aliphatic heterocycles. The number of benzene rings is 1. The molecule has 1 aliphatic rings. The Bertz CT molecular complexity index is 1030. The number of rotatable bonds is 8. The van der Waals surface area contributed by atoms with Gasteiger partial charge in [-0.15, -0.1) is 11.3 Å². The molecule has 0 radical (unpaired) electrons. The summed E-state index contributed by atoms with van der Waals surface area (Å²) in [6, 6.07) is 14.8. The molecule has 2 amide bonds. The number of hydrogen-bond acceptors (Lipinski definition) is 5. The van der Waals surface area contributed by atoms with E-state index in [1.807, 2.05) is 49.1 Å². The van der Waals surface area contributed by atoms with E-state index in [1.54, 1.807) is 28.4 Å². The lowest BCUT2D eigenvalue weighted by Gasteiger charge is -2.37. The Hall–Kier alpha value is -3.06. The van der Waals surface area contributed by atoms with Crippen LogP contribution in [0.3, 0.4) is 0 Å². The van der Waals surface area contributed by atoms with E-state index in [1.165, 1.54) is 11.1 Å². The van der Waals surface area contributed by atoms with E-state index >= 15 is 0 Å². The summed E-state index contributed by atoms with van der Waals surface area (Å²) in [4.78, 5) is 31.3. The molecule has 32 heavy (non-hydrogen) atoms. The van der Waals surface area contributed by atoms with Crippen LogP contribution in [0.25, 0.3) is 0 Å². The molecule has 0 aliphatic carbocycles. The number of amides is 2. The summed E-state index contributed by atoms with van der Waals surface area (Å²) >= 11 is 1.72. The molecule has 0 saturated heterocycles. The van der Waals surface area contributed by atoms with Crippen LogP contribution in [-0.2, 0) is 11.2 Å². The van der Waals surface area contributed by atoms with Crippen LogP contribution in [0.15, 0.2) is 64.6 Å². The van der Waals surface area contributed by atoms with Crippen LogP contribution in [-0.4, -0.2) is 47.4 Å². The lowest BCUT2D eigenvalue weighted by molar-refractivity contribution is -0.136. The van der Waals surface area contributed by atoms with Gasteiger partial charge in [0.25, 0.3) is 5.91 Å². The second-order valence-corrected chi connectivity index (χ2v) is 8.94. The van der Waals surface area contributed by atoms with Crippen LogP contribution >= 0.6 is 11.3 Å². The number of fused-ring (bicyclic) bond motifs is 1. The van der Waals surface area contributed by atoms with Gasteiger partial charge in [-0.25, -0.2) is 0 Å². The van der Waals surface area contributed by atoms with Crippen molar-refractivity contribution in [2.24, 2.45) is 0 Å². The minimum Gasteiger partial charge on any atom is -0.491 e. The van der Waals surface area contributed by atoms with Gasteiger partial charge in [0.1, 0.15) is 18.9 Å². The summed E-state index contributed by atoms with van der Waals surface area (Å²) in [5.74, 6) is 0.684. The zero-order valence-electron chi connectivity index (χ0n) is 18.4. The summed E-state index contributed by atoms with van der Waals surface area (Å²) in [5, 5.41) is 2.07. The molecule has 2 aromatic heterocycles. The topological polar surface area (TPSA) is 63.0 Å². The van der Waals surface area contributed by atoms with Gasteiger partial charge in [0, 0.05) is 17.5 Å². The van der Waals surface area contributed by atoms with Gasteiger partial charge in [0.15, 0.2) is 5.76 Å². The first-order chi connectivity index (χ1) is 15.6. The smallest absolute Gasteiger partial charge is 0.290 e. The summed E-state index contributed by atoms with van der Waals surface area (Å²) in [6.07, 6.45) is 3.04. The number of carbonyl (C=O) groups is 2. The molecule has 1 aromatic carbocycles. The minimum atomic E-state index is -0.261. The standard InChI is InChI=1S/C25H28N2O4S/c1-3-18(2)27(25(29)22-10-7-14-30-22)16-24(28)26-13-11-23-20(12-15-32-23)21(26)17-31-19-8-5-4-6-9-19/h4-10,12,14-15,18,21H,3,11,13,16-17H2,1-2H3. The van der Waals surface area contributed by atoms with Gasteiger partial charge in [-0.2, -0.15) is 0 Å². The first-order valence-electron chi connectivity index (χ1n) is 11.0. The second-order valence-electron chi connectivity index (χ2n) is 7.94. The number of furan rings is 1. The van der Waals surface area contributed by atoms with Crippen LogP contribution < -0.4 is 4.74 Å². The van der Waals surface area contributed by atoms with Crippen molar-refractivity contribution in [3.63, 3.8) is 0 Å². The Kier molecular flexibility index (Phi) is 6.95. The van der Waals surface area contributed by atoms with Crippen molar-refractivity contribution in [2.45, 2.75) is 38.8 Å². The predicted molar refractivity (Wildman–Crippen MR) is 124 cm³/mol. The highest BCUT2D eigenvalue weighted by Gasteiger charge is 2.34. The van der Waals surface area contributed by atoms with Crippen molar-refractivity contribution in [1.82, 2.24) is 9.80 Å². The molecule has 7 heteroatoms. The van der Waals surface area contributed by atoms with E-state index in [-0.39, 0.29) is 36.2 Å². The monoisotopic (exact) mass is 452 g/mol. The Balaban J connectivity index is 1.53. The lowest BCUT2D eigenvalue weighted by Crippen LogP contribution is -2.49. The third kappa shape index (κ3) is 4.72. The molecule has 0 spiro atoms. The Morgan fingerprint density at radius 2 is 2.03 bits per heavy atom. The highest BCUT2D eigenvalue weighted by molar-refractivity contribution is 7.10. The van der Waals surface area contributed by atoms with E-state index in [9.17, 15) is 9.59 Å². The Morgan fingerprint density at radius 3 is 2.75 bits per heavy atom. The Morgan fingerprint density at radius 1 is 1.22 bits per heavy atom. The summed E-state index contributed by atoms with van der Waals surface area (Å²) < 4.78 is 11.4. The summed E-state index contributed by atoms with van der Waals surface area (Å²) in [5.41, 5.74) is 1.14. The average Bonchev–Trinajstić information content (AvgIpc) is 3.53. The lowest BCUT2D eigenvalue weighted by atomic mass is 10.00. The molecule has 3 heterocycles. The molecule has 0 bridgehead atoms. The maximum atomic E-state index is 13.5. The molecular formula is C25H28N2O4S. The van der Waals surface area contributed by atoms with Crippen molar-refractivity contribution in [3.05, 3.63) is 76.4 Å². The average molecular weight is 453 g/mol. The SMILES string of the molecule is CCC(C)N(CC(=O)N1CCc2sccc2C1COc1ccccc1)C(=O)c1ccco1. The first kappa shape index (κ1) is 22.1. The zero-order chi connectivity index (χ0) is 22.5. The second kappa shape index (κ2) is 10.0. The van der Waals surface area contributed by atoms with Crippen LogP contribution in [0.1, 0.15) is 47.3 Å². The fraction of sp³-hybridized carbons (Fsp3) is 0.360. The third-order valence-corrected chi connectivity index (χ3v) is 6.98. The van der Waals surface area contributed by atoms with Gasteiger partial charge in [-0.05, 0) is 61.0 Å². The third-order valence-electron chi connectivity index (χ3n) is 5.99. The predicted octanol–water partition coefficient (Wildman–Crippen LogP) is 4.79. The number of para-hydroxylation sites is 1. The largest absolute Gasteiger partial charge is 0.491 e. The van der Waals surface area contributed by atoms with Gasteiger partial charge >= 0.3 is 0 Å². The normalized spacial score (nSPS) is 16.3. The van der Waals surface area contributed by atoms with Crippen molar-refractivity contribution in [2.75, 3.05) is 19.7 Å². The summed E-state index contributed by atoms with van der Waals surface area (Å²) in [6.45, 7) is 4.95. The van der Waals surface area contributed by atoms with E-state index < -0.39 is 0 Å². The van der Waals surface area contributed by atoms with Gasteiger partial charge in [-0.3, -0.25) is 9.59 Å². The van der Waals surface area contributed by atoms with Gasteiger partial charge in [-0.1, -0.05) is 25.1 Å². The molecular weight excluding hydrogens is 424 g/mol. The number of nitrogens with zero attached hydrogens (tertiary/aromatic N) is 2. The maximum absolute atomic E-state index is 13.5. The molecule has 168 valence electrons. The molecule has 2 unspecified atom stereocenters. The van der Waals surface area contributed by atoms with E-state index in [2.05, 4.69) is 11.4 Å². The highest BCUT2D eigenvalue weighted by atomic mass is 32.1. The number of hydrogen-bond donors (Lipinski definition) is 0. The molecule has 6 nitrogen and oxygen atoms in total. The molecule has 0 N–H and O–H groups in total. The van der Waals surface area contributed by atoms with Crippen LogP contribution in [0.4, 0.5) is 0 Å². The van der Waals surface area contributed by atoms with Crippen molar-refractivity contribution >= 4 is 23.2 Å². The molecule has 2 atom stereocenters. The maximum Gasteiger partial charge on any atom is 0.290 e. The van der Waals surface area contributed by atoms with E-state index in [4.69, 9.17) is 9.15 Å².